The molecule has 0 bridgehead atoms. The summed E-state index contributed by atoms with van der Waals surface area (Å²) in [4.78, 5) is 2.46. The molecule has 0 spiro atoms. The largest absolute Gasteiger partial charge is 0.468 e. The Morgan fingerprint density at radius 1 is 1.57 bits per heavy atom. The first-order valence-corrected chi connectivity index (χ1v) is 5.34. The van der Waals surface area contributed by atoms with Gasteiger partial charge >= 0.3 is 0 Å². The fourth-order valence-electron chi connectivity index (χ4n) is 1.81. The molecule has 0 aliphatic heterocycles. The molecule has 3 heteroatoms. The molecule has 2 N–H and O–H groups in total. The first kappa shape index (κ1) is 9.74. The van der Waals surface area contributed by atoms with Crippen LogP contribution in [0.15, 0.2) is 16.7 Å². The maximum absolute atomic E-state index is 5.63. The molecule has 1 aromatic heterocycles. The summed E-state index contributed by atoms with van der Waals surface area (Å²) in [6, 6.07) is 2.76. The van der Waals surface area contributed by atoms with Gasteiger partial charge in [0, 0.05) is 18.2 Å². The van der Waals surface area contributed by atoms with E-state index in [1.807, 2.05) is 6.07 Å². The summed E-state index contributed by atoms with van der Waals surface area (Å²) in [7, 11) is 0. The molecule has 0 aromatic carbocycles. The van der Waals surface area contributed by atoms with E-state index in [0.29, 0.717) is 6.54 Å². The summed E-state index contributed by atoms with van der Waals surface area (Å²) in [5.74, 6) is 1.04. The fourth-order valence-corrected chi connectivity index (χ4v) is 1.81. The SMILES string of the molecule is CCN(Cc1occc1CN)C1CC1. The van der Waals surface area contributed by atoms with Crippen molar-refractivity contribution in [1.82, 2.24) is 4.90 Å². The quantitative estimate of drug-likeness (QED) is 0.776. The molecule has 0 saturated heterocycles. The van der Waals surface area contributed by atoms with Crippen LogP contribution in [0.5, 0.6) is 0 Å². The molecule has 1 fully saturated rings. The van der Waals surface area contributed by atoms with E-state index in [-0.39, 0.29) is 0 Å². The Morgan fingerprint density at radius 3 is 2.93 bits per heavy atom. The van der Waals surface area contributed by atoms with Crippen molar-refractivity contribution in [3.63, 3.8) is 0 Å². The summed E-state index contributed by atoms with van der Waals surface area (Å²) >= 11 is 0. The van der Waals surface area contributed by atoms with Gasteiger partial charge in [-0.3, -0.25) is 4.90 Å². The van der Waals surface area contributed by atoms with Gasteiger partial charge in [-0.05, 0) is 25.5 Å². The third kappa shape index (κ3) is 1.99. The number of hydrogen-bond acceptors (Lipinski definition) is 3. The summed E-state index contributed by atoms with van der Waals surface area (Å²) < 4.78 is 5.44. The zero-order chi connectivity index (χ0) is 9.97. The third-order valence-electron chi connectivity index (χ3n) is 2.87. The molecule has 0 radical (unpaired) electrons. The first-order valence-electron chi connectivity index (χ1n) is 5.34. The van der Waals surface area contributed by atoms with E-state index in [1.165, 1.54) is 12.8 Å². The molecule has 1 heterocycles. The van der Waals surface area contributed by atoms with E-state index >= 15 is 0 Å². The minimum Gasteiger partial charge on any atom is -0.468 e. The summed E-state index contributed by atoms with van der Waals surface area (Å²) in [6.07, 6.45) is 4.41. The molecule has 14 heavy (non-hydrogen) atoms. The third-order valence-corrected chi connectivity index (χ3v) is 2.87. The van der Waals surface area contributed by atoms with Crippen LogP contribution >= 0.6 is 0 Å². The molecular weight excluding hydrogens is 176 g/mol. The monoisotopic (exact) mass is 194 g/mol. The minimum atomic E-state index is 0.577. The number of nitrogens with two attached hydrogens (primary N) is 1. The van der Waals surface area contributed by atoms with Gasteiger partial charge in [0.1, 0.15) is 5.76 Å². The molecular formula is C11H18N2O. The van der Waals surface area contributed by atoms with Gasteiger partial charge in [0.15, 0.2) is 0 Å². The number of nitrogens with zero attached hydrogens (tertiary/aromatic N) is 1. The number of furan rings is 1. The molecule has 1 aliphatic rings. The van der Waals surface area contributed by atoms with Crippen LogP contribution in [-0.2, 0) is 13.1 Å². The topological polar surface area (TPSA) is 42.4 Å². The standard InChI is InChI=1S/C11H18N2O/c1-2-13(10-3-4-10)8-11-9(7-12)5-6-14-11/h5-6,10H,2-4,7-8,12H2,1H3. The normalized spacial score (nSPS) is 16.5. The van der Waals surface area contributed by atoms with E-state index in [9.17, 15) is 0 Å². The van der Waals surface area contributed by atoms with Gasteiger partial charge in [0.2, 0.25) is 0 Å². The maximum Gasteiger partial charge on any atom is 0.122 e. The average Bonchev–Trinajstić information content (AvgIpc) is 2.95. The molecule has 78 valence electrons. The first-order chi connectivity index (χ1) is 6.85. The Kier molecular flexibility index (Phi) is 2.89. The van der Waals surface area contributed by atoms with Gasteiger partial charge in [0.25, 0.3) is 0 Å². The lowest BCUT2D eigenvalue weighted by Gasteiger charge is -2.18. The molecule has 0 unspecified atom stereocenters. The Balaban J connectivity index is 2.00. The smallest absolute Gasteiger partial charge is 0.122 e. The predicted molar refractivity (Wildman–Crippen MR) is 55.7 cm³/mol. The van der Waals surface area contributed by atoms with Crippen LogP contribution in [-0.4, -0.2) is 17.5 Å². The van der Waals surface area contributed by atoms with Gasteiger partial charge in [-0.2, -0.15) is 0 Å². The number of hydrogen-bond donors (Lipinski definition) is 1. The zero-order valence-corrected chi connectivity index (χ0v) is 8.70. The number of rotatable bonds is 5. The van der Waals surface area contributed by atoms with Gasteiger partial charge in [-0.15, -0.1) is 0 Å². The van der Waals surface area contributed by atoms with Gasteiger partial charge < -0.3 is 10.2 Å². The van der Waals surface area contributed by atoms with E-state index < -0.39 is 0 Å². The van der Waals surface area contributed by atoms with Crippen LogP contribution < -0.4 is 5.73 Å². The Morgan fingerprint density at radius 2 is 2.36 bits per heavy atom. The second-order valence-corrected chi connectivity index (χ2v) is 3.87. The average molecular weight is 194 g/mol. The van der Waals surface area contributed by atoms with E-state index in [2.05, 4.69) is 11.8 Å². The van der Waals surface area contributed by atoms with E-state index in [4.69, 9.17) is 10.2 Å². The van der Waals surface area contributed by atoms with Crippen LogP contribution in [0.2, 0.25) is 0 Å². The van der Waals surface area contributed by atoms with Crippen LogP contribution in [0.3, 0.4) is 0 Å². The van der Waals surface area contributed by atoms with Crippen LogP contribution in [0.1, 0.15) is 31.1 Å². The van der Waals surface area contributed by atoms with Crippen molar-refractivity contribution in [2.75, 3.05) is 6.54 Å². The highest BCUT2D eigenvalue weighted by Gasteiger charge is 2.28. The second kappa shape index (κ2) is 4.15. The molecule has 1 aromatic rings. The van der Waals surface area contributed by atoms with Crippen molar-refractivity contribution < 1.29 is 4.42 Å². The lowest BCUT2D eigenvalue weighted by Crippen LogP contribution is -2.25. The Bertz CT molecular complexity index is 291. The van der Waals surface area contributed by atoms with Crippen molar-refractivity contribution in [1.29, 1.82) is 0 Å². The highest BCUT2D eigenvalue weighted by molar-refractivity contribution is 5.16. The van der Waals surface area contributed by atoms with Crippen molar-refractivity contribution in [2.45, 2.75) is 38.9 Å². The molecule has 0 amide bonds. The van der Waals surface area contributed by atoms with Crippen LogP contribution in [0.4, 0.5) is 0 Å². The zero-order valence-electron chi connectivity index (χ0n) is 8.70. The van der Waals surface area contributed by atoms with Crippen molar-refractivity contribution >= 4 is 0 Å². The maximum atomic E-state index is 5.63. The van der Waals surface area contributed by atoms with Crippen LogP contribution in [0.25, 0.3) is 0 Å². The Hall–Kier alpha value is -0.800. The summed E-state index contributed by atoms with van der Waals surface area (Å²) in [5.41, 5.74) is 6.77. The van der Waals surface area contributed by atoms with Crippen molar-refractivity contribution in [3.8, 4) is 0 Å². The molecule has 3 nitrogen and oxygen atoms in total. The summed E-state index contributed by atoms with van der Waals surface area (Å²) in [5, 5.41) is 0. The minimum absolute atomic E-state index is 0.577. The molecule has 1 aliphatic carbocycles. The highest BCUT2D eigenvalue weighted by atomic mass is 16.3. The van der Waals surface area contributed by atoms with Gasteiger partial charge in [0.05, 0.1) is 12.8 Å². The van der Waals surface area contributed by atoms with Gasteiger partial charge in [-0.25, -0.2) is 0 Å². The second-order valence-electron chi connectivity index (χ2n) is 3.87. The lowest BCUT2D eigenvalue weighted by molar-refractivity contribution is 0.245. The summed E-state index contributed by atoms with van der Waals surface area (Å²) in [6.45, 7) is 4.79. The van der Waals surface area contributed by atoms with Gasteiger partial charge in [-0.1, -0.05) is 6.92 Å². The van der Waals surface area contributed by atoms with Crippen LogP contribution in [0, 0.1) is 0 Å². The Labute approximate surface area is 84.9 Å². The fraction of sp³-hybridized carbons (Fsp3) is 0.636. The van der Waals surface area contributed by atoms with Crippen molar-refractivity contribution in [2.24, 2.45) is 5.73 Å². The lowest BCUT2D eigenvalue weighted by atomic mass is 10.2. The van der Waals surface area contributed by atoms with E-state index in [0.717, 1.165) is 30.5 Å². The molecule has 0 atom stereocenters. The molecule has 2 rings (SSSR count). The highest BCUT2D eigenvalue weighted by Crippen LogP contribution is 2.28. The van der Waals surface area contributed by atoms with E-state index in [1.54, 1.807) is 6.26 Å². The van der Waals surface area contributed by atoms with Crippen molar-refractivity contribution in [3.05, 3.63) is 23.7 Å². The predicted octanol–water partition coefficient (Wildman–Crippen LogP) is 1.72. The molecule has 1 saturated carbocycles.